The standard InChI is InChI=1S/C77H127NO18/c1-3-5-7-9-11-13-15-17-18-19-20-21-22-23-24-25-26-27-28-29-30-31-32-33-34-35-36-37-38-39-40-41-42-43-45-47-49-51-53-55-65(83)78-60(61(82)54-52-50-48-46-44-16-14-12-10-8-6-4-2)59-91-75-71(89)68(86)73(63(57-80)93-75)96-77-72(90)69(87)74(64(58-81)94-77)95-76-70(88)67(85)66(84)62(56-79)92-76/h5,7,11,13,17-18,20-21,23-24,26-27,29-30,32-33,35-36,38-39,52,54,60-64,66-77,79-82,84-90H,3-4,6,8-10,12,14-16,19,22,25,28,31,34,37,40-51,53,55-59H2,1-2H3,(H,78,83)/b7-5-,13-11-,18-17-,21-20-,24-23-,27-26-,30-29-,33-32-,36-35-,39-38-,54-52+. The van der Waals surface area contributed by atoms with E-state index >= 15 is 0 Å². The number of hydrogen-bond donors (Lipinski definition) is 12. The Hall–Kier alpha value is -4.07. The fourth-order valence-electron chi connectivity index (χ4n) is 11.3. The van der Waals surface area contributed by atoms with Gasteiger partial charge in [-0.15, -0.1) is 0 Å². The molecule has 548 valence electrons. The van der Waals surface area contributed by atoms with Crippen LogP contribution >= 0.6 is 0 Å². The van der Waals surface area contributed by atoms with Gasteiger partial charge in [0.15, 0.2) is 18.9 Å². The molecule has 0 aromatic carbocycles. The summed E-state index contributed by atoms with van der Waals surface area (Å²) in [5.41, 5.74) is 0. The summed E-state index contributed by atoms with van der Waals surface area (Å²) in [5, 5.41) is 120. The summed E-state index contributed by atoms with van der Waals surface area (Å²) in [6.45, 7) is 1.57. The largest absolute Gasteiger partial charge is 0.394 e. The number of hydrogen-bond acceptors (Lipinski definition) is 18. The van der Waals surface area contributed by atoms with E-state index in [4.69, 9.17) is 28.4 Å². The van der Waals surface area contributed by atoms with Gasteiger partial charge in [-0.1, -0.05) is 244 Å². The number of carbonyl (C=O) groups excluding carboxylic acids is 1. The molecule has 3 heterocycles. The zero-order valence-electron chi connectivity index (χ0n) is 58.0. The third-order valence-corrected chi connectivity index (χ3v) is 17.2. The van der Waals surface area contributed by atoms with Crippen molar-refractivity contribution >= 4 is 5.91 Å². The van der Waals surface area contributed by atoms with Crippen LogP contribution in [0.15, 0.2) is 134 Å². The summed E-state index contributed by atoms with van der Waals surface area (Å²) in [6.07, 6.45) is 53.0. The van der Waals surface area contributed by atoms with Crippen molar-refractivity contribution in [2.75, 3.05) is 26.4 Å². The molecule has 3 fully saturated rings. The Morgan fingerprint density at radius 1 is 0.385 bits per heavy atom. The van der Waals surface area contributed by atoms with Gasteiger partial charge < -0.3 is 89.9 Å². The maximum Gasteiger partial charge on any atom is 0.220 e. The molecular formula is C77H127NO18. The molecule has 0 aromatic heterocycles. The van der Waals surface area contributed by atoms with Gasteiger partial charge >= 0.3 is 0 Å². The molecule has 0 aromatic rings. The van der Waals surface area contributed by atoms with E-state index in [1.807, 2.05) is 6.08 Å². The molecule has 19 heteroatoms. The zero-order chi connectivity index (χ0) is 69.6. The van der Waals surface area contributed by atoms with Gasteiger partial charge in [0, 0.05) is 6.42 Å². The highest BCUT2D eigenvalue weighted by Crippen LogP contribution is 2.33. The quantitative estimate of drug-likeness (QED) is 0.0199. The minimum Gasteiger partial charge on any atom is -0.394 e. The fourth-order valence-corrected chi connectivity index (χ4v) is 11.3. The number of nitrogens with one attached hydrogen (secondary N) is 1. The van der Waals surface area contributed by atoms with Crippen LogP contribution in [0.3, 0.4) is 0 Å². The molecule has 0 bridgehead atoms. The second-order valence-electron chi connectivity index (χ2n) is 25.3. The monoisotopic (exact) mass is 1350 g/mol. The second-order valence-corrected chi connectivity index (χ2v) is 25.3. The van der Waals surface area contributed by atoms with Crippen molar-refractivity contribution in [2.45, 2.75) is 317 Å². The number of aliphatic hydroxyl groups excluding tert-OH is 11. The van der Waals surface area contributed by atoms with Crippen LogP contribution in [0.2, 0.25) is 0 Å². The van der Waals surface area contributed by atoms with E-state index in [1.165, 1.54) is 51.4 Å². The number of amides is 1. The Morgan fingerprint density at radius 3 is 1.12 bits per heavy atom. The Labute approximate surface area is 575 Å². The van der Waals surface area contributed by atoms with E-state index in [0.29, 0.717) is 6.42 Å². The van der Waals surface area contributed by atoms with Crippen LogP contribution in [0.5, 0.6) is 0 Å². The Balaban J connectivity index is 1.34. The lowest BCUT2D eigenvalue weighted by molar-refractivity contribution is -0.379. The number of allylic oxidation sites excluding steroid dienone is 21. The van der Waals surface area contributed by atoms with Gasteiger partial charge in [0.1, 0.15) is 73.2 Å². The van der Waals surface area contributed by atoms with E-state index in [0.717, 1.165) is 135 Å². The third-order valence-electron chi connectivity index (χ3n) is 17.2. The van der Waals surface area contributed by atoms with Gasteiger partial charge in [-0.05, 0) is 96.3 Å². The average Bonchev–Trinajstić information content (AvgIpc) is 0.787. The molecule has 0 aliphatic carbocycles. The molecule has 3 saturated heterocycles. The predicted octanol–water partition coefficient (Wildman–Crippen LogP) is 10.5. The van der Waals surface area contributed by atoms with Crippen LogP contribution in [0, 0.1) is 0 Å². The summed E-state index contributed by atoms with van der Waals surface area (Å²) in [5.74, 6) is -0.291. The Bertz CT molecular complexity index is 2260. The number of aliphatic hydroxyl groups is 11. The maximum absolute atomic E-state index is 13.4. The van der Waals surface area contributed by atoms with Crippen LogP contribution in [0.25, 0.3) is 0 Å². The van der Waals surface area contributed by atoms with Gasteiger partial charge in [0.05, 0.1) is 38.6 Å². The first-order valence-electron chi connectivity index (χ1n) is 36.4. The van der Waals surface area contributed by atoms with Gasteiger partial charge in [-0.2, -0.15) is 0 Å². The van der Waals surface area contributed by atoms with Gasteiger partial charge in [0.2, 0.25) is 5.91 Å². The fraction of sp³-hybridized carbons (Fsp3) is 0.701. The molecular weight excluding hydrogens is 1230 g/mol. The first kappa shape index (κ1) is 86.2. The first-order chi connectivity index (χ1) is 46.8. The number of ether oxygens (including phenoxy) is 6. The molecule has 12 N–H and O–H groups in total. The van der Waals surface area contributed by atoms with Crippen molar-refractivity contribution in [2.24, 2.45) is 0 Å². The first-order valence-corrected chi connectivity index (χ1v) is 36.4. The molecule has 17 unspecified atom stereocenters. The highest BCUT2D eigenvalue weighted by atomic mass is 16.8. The van der Waals surface area contributed by atoms with Crippen molar-refractivity contribution in [1.82, 2.24) is 5.32 Å². The smallest absolute Gasteiger partial charge is 0.220 e. The van der Waals surface area contributed by atoms with Gasteiger partial charge in [-0.25, -0.2) is 0 Å². The highest BCUT2D eigenvalue weighted by Gasteiger charge is 2.53. The van der Waals surface area contributed by atoms with E-state index in [2.05, 4.69) is 141 Å². The molecule has 0 radical (unpaired) electrons. The molecule has 1 amide bonds. The average molecular weight is 1350 g/mol. The molecule has 17 atom stereocenters. The molecule has 96 heavy (non-hydrogen) atoms. The number of rotatable bonds is 54. The van der Waals surface area contributed by atoms with Crippen molar-refractivity contribution in [3.8, 4) is 0 Å². The molecule has 0 saturated carbocycles. The summed E-state index contributed by atoms with van der Waals surface area (Å²) >= 11 is 0. The van der Waals surface area contributed by atoms with E-state index in [9.17, 15) is 61.0 Å². The third kappa shape index (κ3) is 37.4. The molecule has 3 aliphatic rings. The van der Waals surface area contributed by atoms with Crippen LogP contribution < -0.4 is 5.32 Å². The summed E-state index contributed by atoms with van der Waals surface area (Å²) in [6, 6.07) is -0.986. The van der Waals surface area contributed by atoms with E-state index < -0.39 is 124 Å². The lowest BCUT2D eigenvalue weighted by Crippen LogP contribution is -2.66. The van der Waals surface area contributed by atoms with Crippen LogP contribution in [-0.2, 0) is 33.2 Å². The molecule has 0 spiro atoms. The highest BCUT2D eigenvalue weighted by molar-refractivity contribution is 5.76. The van der Waals surface area contributed by atoms with E-state index in [-0.39, 0.29) is 18.9 Å². The zero-order valence-corrected chi connectivity index (χ0v) is 58.0. The summed E-state index contributed by atoms with van der Waals surface area (Å²) in [4.78, 5) is 13.4. The predicted molar refractivity (Wildman–Crippen MR) is 378 cm³/mol. The van der Waals surface area contributed by atoms with Crippen LogP contribution in [0.4, 0.5) is 0 Å². The van der Waals surface area contributed by atoms with Crippen LogP contribution in [-0.4, -0.2) is 193 Å². The van der Waals surface area contributed by atoms with Crippen molar-refractivity contribution in [3.05, 3.63) is 134 Å². The summed E-state index contributed by atoms with van der Waals surface area (Å²) in [7, 11) is 0. The lowest BCUT2D eigenvalue weighted by Gasteiger charge is -2.48. The normalized spacial score (nSPS) is 27.9. The van der Waals surface area contributed by atoms with Gasteiger partial charge in [0.25, 0.3) is 0 Å². The lowest BCUT2D eigenvalue weighted by atomic mass is 9.96. The molecule has 19 nitrogen and oxygen atoms in total. The molecule has 3 rings (SSSR count). The maximum atomic E-state index is 13.4. The topological polar surface area (TPSA) is 307 Å². The Kier molecular flexibility index (Phi) is 50.8. The SMILES string of the molecule is CC/C=C\C/C=C\C/C=C\C/C=C\C/C=C\C/C=C\C/C=C\C/C=C\C/C=C\C/C=C\CCCCCCCCCCC(=O)NC(COC1OC(CO)C(OC2OC(CO)C(OC3OC(CO)C(O)C(O)C3O)C(O)C2O)C(O)C1O)C(O)/C=C/CCCCCCCCCCCC. The van der Waals surface area contributed by atoms with Crippen molar-refractivity contribution < 1.29 is 89.4 Å². The number of carbonyl (C=O) groups is 1. The number of unbranched alkanes of at least 4 members (excludes halogenated alkanes) is 18. The van der Waals surface area contributed by atoms with Crippen molar-refractivity contribution in [3.63, 3.8) is 0 Å². The minimum absolute atomic E-state index is 0.225. The summed E-state index contributed by atoms with van der Waals surface area (Å²) < 4.78 is 34.3. The van der Waals surface area contributed by atoms with Gasteiger partial charge in [-0.3, -0.25) is 4.79 Å². The molecule has 3 aliphatic heterocycles. The second kappa shape index (κ2) is 56.7. The minimum atomic E-state index is -1.98. The Morgan fingerprint density at radius 2 is 0.719 bits per heavy atom. The van der Waals surface area contributed by atoms with Crippen molar-refractivity contribution in [1.29, 1.82) is 0 Å². The van der Waals surface area contributed by atoms with Crippen LogP contribution in [0.1, 0.15) is 213 Å². The van der Waals surface area contributed by atoms with E-state index in [1.54, 1.807) is 6.08 Å².